The van der Waals surface area contributed by atoms with Gasteiger partial charge in [0, 0.05) is 19.2 Å². The maximum atomic E-state index is 11.7. The van der Waals surface area contributed by atoms with Crippen LogP contribution in [0.1, 0.15) is 18.4 Å². The summed E-state index contributed by atoms with van der Waals surface area (Å²) in [7, 11) is 0.337. The van der Waals surface area contributed by atoms with E-state index >= 15 is 0 Å². The first kappa shape index (κ1) is 15.1. The molecule has 0 aromatic heterocycles. The molecule has 0 saturated carbocycles. The monoisotopic (exact) mass is 299 g/mol. The molecule has 5 nitrogen and oxygen atoms in total. The average Bonchev–Trinajstić information content (AvgIpc) is 2.77. The molecule has 1 heterocycles. The van der Waals surface area contributed by atoms with E-state index in [2.05, 4.69) is 5.32 Å². The second-order valence-electron chi connectivity index (χ2n) is 4.98. The zero-order valence-corrected chi connectivity index (χ0v) is 12.7. The Morgan fingerprint density at radius 2 is 1.85 bits per heavy atom. The van der Waals surface area contributed by atoms with E-state index in [1.165, 1.54) is 0 Å². The zero-order chi connectivity index (χ0) is 14.6. The normalized spacial score (nSPS) is 20.8. The molecule has 0 aliphatic carbocycles. The third-order valence-electron chi connectivity index (χ3n) is 3.58. The Kier molecular flexibility index (Phi) is 4.88. The fourth-order valence-electron chi connectivity index (χ4n) is 2.43. The number of benzene rings is 1. The van der Waals surface area contributed by atoms with Crippen LogP contribution in [0.25, 0.3) is 0 Å². The van der Waals surface area contributed by atoms with Crippen LogP contribution in [-0.2, 0) is 16.4 Å². The first-order chi connectivity index (χ1) is 9.55. The van der Waals surface area contributed by atoms with Gasteiger partial charge in [0.15, 0.2) is 9.84 Å². The summed E-state index contributed by atoms with van der Waals surface area (Å²) in [5, 5.41) is 2.97. The summed E-state index contributed by atoms with van der Waals surface area (Å²) in [6.07, 6.45) is 1.54. The van der Waals surface area contributed by atoms with Crippen LogP contribution in [0.3, 0.4) is 0 Å². The Hall–Kier alpha value is -1.27. The number of rotatable bonds is 6. The molecule has 0 bridgehead atoms. The Balaban J connectivity index is 1.94. The highest BCUT2D eigenvalue weighted by molar-refractivity contribution is 7.92. The van der Waals surface area contributed by atoms with Gasteiger partial charge >= 0.3 is 0 Å². The summed E-state index contributed by atoms with van der Waals surface area (Å²) in [5.74, 6) is 1.79. The minimum absolute atomic E-state index is 0.241. The standard InChI is InChI=1S/C14H21NO4S/c1-18-12-6-11(7-13(8-12)19-2)9-15-10-14-4-3-5-20(14,16)17/h6-8,14-15H,3-5,9-10H2,1-2H3. The summed E-state index contributed by atoms with van der Waals surface area (Å²) in [6, 6.07) is 5.64. The molecule has 112 valence electrons. The molecule has 1 N–H and O–H groups in total. The van der Waals surface area contributed by atoms with Gasteiger partial charge in [0.2, 0.25) is 0 Å². The van der Waals surface area contributed by atoms with Gasteiger partial charge in [0.05, 0.1) is 25.2 Å². The van der Waals surface area contributed by atoms with Gasteiger partial charge in [0.1, 0.15) is 11.5 Å². The van der Waals surface area contributed by atoms with Gasteiger partial charge in [-0.1, -0.05) is 0 Å². The largest absolute Gasteiger partial charge is 0.497 e. The van der Waals surface area contributed by atoms with E-state index in [0.29, 0.717) is 18.8 Å². The molecule has 1 unspecified atom stereocenters. The van der Waals surface area contributed by atoms with Crippen molar-refractivity contribution >= 4 is 9.84 Å². The second kappa shape index (κ2) is 6.45. The van der Waals surface area contributed by atoms with Crippen LogP contribution in [0.15, 0.2) is 18.2 Å². The lowest BCUT2D eigenvalue weighted by atomic mass is 10.2. The molecule has 1 atom stereocenters. The van der Waals surface area contributed by atoms with Crippen LogP contribution in [0.4, 0.5) is 0 Å². The topological polar surface area (TPSA) is 64.6 Å². The molecule has 1 aliphatic rings. The third kappa shape index (κ3) is 3.64. The third-order valence-corrected chi connectivity index (χ3v) is 5.85. The highest BCUT2D eigenvalue weighted by atomic mass is 32.2. The van der Waals surface area contributed by atoms with Crippen molar-refractivity contribution < 1.29 is 17.9 Å². The quantitative estimate of drug-likeness (QED) is 0.859. The summed E-state index contributed by atoms with van der Waals surface area (Å²) in [6.45, 7) is 1.10. The van der Waals surface area contributed by atoms with Crippen molar-refractivity contribution in [3.05, 3.63) is 23.8 Å². The molecule has 20 heavy (non-hydrogen) atoms. The smallest absolute Gasteiger partial charge is 0.154 e. The Morgan fingerprint density at radius 3 is 2.35 bits per heavy atom. The van der Waals surface area contributed by atoms with Gasteiger partial charge in [-0.2, -0.15) is 0 Å². The lowest BCUT2D eigenvalue weighted by molar-refractivity contribution is 0.393. The fourth-order valence-corrected chi connectivity index (χ4v) is 4.23. The number of hydrogen-bond donors (Lipinski definition) is 1. The first-order valence-corrected chi connectivity index (χ1v) is 8.41. The van der Waals surface area contributed by atoms with Crippen molar-refractivity contribution in [3.8, 4) is 11.5 Å². The average molecular weight is 299 g/mol. The molecule has 1 fully saturated rings. The van der Waals surface area contributed by atoms with Crippen molar-refractivity contribution in [1.29, 1.82) is 0 Å². The molecular weight excluding hydrogens is 278 g/mol. The summed E-state index contributed by atoms with van der Waals surface area (Å²) < 4.78 is 33.9. The fraction of sp³-hybridized carbons (Fsp3) is 0.571. The van der Waals surface area contributed by atoms with Crippen LogP contribution >= 0.6 is 0 Å². The van der Waals surface area contributed by atoms with E-state index in [1.54, 1.807) is 14.2 Å². The molecule has 0 spiro atoms. The van der Waals surface area contributed by atoms with Crippen LogP contribution in [-0.4, -0.2) is 40.2 Å². The SMILES string of the molecule is COc1cc(CNCC2CCCS2(=O)=O)cc(OC)c1. The molecule has 1 aromatic rings. The minimum Gasteiger partial charge on any atom is -0.497 e. The maximum Gasteiger partial charge on any atom is 0.154 e. The van der Waals surface area contributed by atoms with E-state index < -0.39 is 9.84 Å². The van der Waals surface area contributed by atoms with Gasteiger partial charge in [0.25, 0.3) is 0 Å². The van der Waals surface area contributed by atoms with Gasteiger partial charge < -0.3 is 14.8 Å². The summed E-state index contributed by atoms with van der Waals surface area (Å²) in [4.78, 5) is 0. The van der Waals surface area contributed by atoms with Gasteiger partial charge in [-0.25, -0.2) is 8.42 Å². The van der Waals surface area contributed by atoms with Gasteiger partial charge in [-0.05, 0) is 30.5 Å². The van der Waals surface area contributed by atoms with E-state index in [0.717, 1.165) is 29.9 Å². The van der Waals surface area contributed by atoms with E-state index in [9.17, 15) is 8.42 Å². The first-order valence-electron chi connectivity index (χ1n) is 6.69. The zero-order valence-electron chi connectivity index (χ0n) is 11.9. The minimum atomic E-state index is -2.88. The van der Waals surface area contributed by atoms with Crippen LogP contribution < -0.4 is 14.8 Å². The van der Waals surface area contributed by atoms with Crippen LogP contribution in [0.2, 0.25) is 0 Å². The van der Waals surface area contributed by atoms with Crippen LogP contribution in [0.5, 0.6) is 11.5 Å². The molecule has 1 aromatic carbocycles. The molecule has 6 heteroatoms. The molecular formula is C14H21NO4S. The van der Waals surface area contributed by atoms with Crippen LogP contribution in [0, 0.1) is 0 Å². The Morgan fingerprint density at radius 1 is 1.20 bits per heavy atom. The summed E-state index contributed by atoms with van der Waals surface area (Å²) in [5.41, 5.74) is 1.01. The number of nitrogens with one attached hydrogen (secondary N) is 1. The Bertz CT molecular complexity index is 534. The second-order valence-corrected chi connectivity index (χ2v) is 7.38. The highest BCUT2D eigenvalue weighted by Gasteiger charge is 2.30. The van der Waals surface area contributed by atoms with Crippen molar-refractivity contribution in [2.24, 2.45) is 0 Å². The number of methoxy groups -OCH3 is 2. The highest BCUT2D eigenvalue weighted by Crippen LogP contribution is 2.23. The molecule has 1 aliphatic heterocycles. The molecule has 2 rings (SSSR count). The van der Waals surface area contributed by atoms with Crippen molar-refractivity contribution in [2.45, 2.75) is 24.6 Å². The predicted octanol–water partition coefficient (Wildman–Crippen LogP) is 1.37. The molecule has 0 radical (unpaired) electrons. The van der Waals surface area contributed by atoms with Crippen molar-refractivity contribution in [3.63, 3.8) is 0 Å². The number of hydrogen-bond acceptors (Lipinski definition) is 5. The van der Waals surface area contributed by atoms with E-state index in [-0.39, 0.29) is 5.25 Å². The molecule has 1 saturated heterocycles. The maximum absolute atomic E-state index is 11.7. The van der Waals surface area contributed by atoms with E-state index in [1.807, 2.05) is 18.2 Å². The van der Waals surface area contributed by atoms with E-state index in [4.69, 9.17) is 9.47 Å². The summed E-state index contributed by atoms with van der Waals surface area (Å²) >= 11 is 0. The van der Waals surface area contributed by atoms with Crippen molar-refractivity contribution in [2.75, 3.05) is 26.5 Å². The molecule has 0 amide bonds. The van der Waals surface area contributed by atoms with Gasteiger partial charge in [-0.3, -0.25) is 0 Å². The predicted molar refractivity (Wildman–Crippen MR) is 78.1 cm³/mol. The number of ether oxygens (including phenoxy) is 2. The van der Waals surface area contributed by atoms with Crippen molar-refractivity contribution in [1.82, 2.24) is 5.32 Å². The lowest BCUT2D eigenvalue weighted by Crippen LogP contribution is -2.30. The Labute approximate surface area is 120 Å². The van der Waals surface area contributed by atoms with Gasteiger partial charge in [-0.15, -0.1) is 0 Å². The lowest BCUT2D eigenvalue weighted by Gasteiger charge is -2.12. The number of sulfone groups is 1.